The summed E-state index contributed by atoms with van der Waals surface area (Å²) in [6, 6.07) is 1.69. The molecule has 1 aromatic rings. The molecule has 2 unspecified atom stereocenters. The smallest absolute Gasteiger partial charge is 0.0867 e. The summed E-state index contributed by atoms with van der Waals surface area (Å²) in [5.41, 5.74) is 12.6. The zero-order valence-electron chi connectivity index (χ0n) is 9.22. The molecule has 4 heteroatoms. The number of aromatic nitrogens is 1. The van der Waals surface area contributed by atoms with E-state index in [4.69, 9.17) is 11.5 Å². The molecule has 0 aliphatic rings. The van der Waals surface area contributed by atoms with Gasteiger partial charge in [0.1, 0.15) is 0 Å². The third kappa shape index (κ3) is 2.67. The topological polar surface area (TPSA) is 85.2 Å². The maximum atomic E-state index is 10.1. The second-order valence-electron chi connectivity index (χ2n) is 4.09. The summed E-state index contributed by atoms with van der Waals surface area (Å²) in [6.45, 7) is 4.51. The molecule has 0 radical (unpaired) electrons. The first-order chi connectivity index (χ1) is 7.07. The van der Waals surface area contributed by atoms with Crippen molar-refractivity contribution < 1.29 is 5.11 Å². The number of hydrogen-bond acceptors (Lipinski definition) is 4. The lowest BCUT2D eigenvalue weighted by molar-refractivity contribution is 0.0864. The molecule has 1 rings (SSSR count). The van der Waals surface area contributed by atoms with Crippen LogP contribution in [0.25, 0.3) is 0 Å². The lowest BCUT2D eigenvalue weighted by Crippen LogP contribution is -2.27. The Kier molecular flexibility index (Phi) is 4.05. The fraction of sp³-hybridized carbons (Fsp3) is 0.545. The lowest BCUT2D eigenvalue weighted by atomic mass is 9.87. The predicted molar refractivity (Wildman–Crippen MR) is 61.0 cm³/mol. The Bertz CT molecular complexity index is 314. The first-order valence-electron chi connectivity index (χ1n) is 5.15. The number of pyridine rings is 1. The number of nitrogen functional groups attached to an aromatic ring is 1. The number of aliphatic hydroxyl groups excluding tert-OH is 1. The van der Waals surface area contributed by atoms with Gasteiger partial charge in [-0.05, 0) is 18.5 Å². The first kappa shape index (κ1) is 11.9. The van der Waals surface area contributed by atoms with Crippen molar-refractivity contribution in [1.82, 2.24) is 4.98 Å². The molecule has 0 fully saturated rings. The minimum Gasteiger partial charge on any atom is -0.398 e. The molecule has 0 saturated heterocycles. The number of hydrogen-bond donors (Lipinski definition) is 3. The number of rotatable bonds is 4. The number of anilines is 1. The van der Waals surface area contributed by atoms with E-state index in [1.54, 1.807) is 18.5 Å². The van der Waals surface area contributed by atoms with Gasteiger partial charge in [-0.3, -0.25) is 4.98 Å². The molecule has 0 aromatic carbocycles. The lowest BCUT2D eigenvalue weighted by Gasteiger charge is -2.25. The van der Waals surface area contributed by atoms with Crippen LogP contribution in [0, 0.1) is 11.8 Å². The molecule has 0 bridgehead atoms. The fourth-order valence-corrected chi connectivity index (χ4v) is 1.66. The molecular formula is C11H19N3O. The van der Waals surface area contributed by atoms with Crippen LogP contribution in [0.1, 0.15) is 25.5 Å². The molecule has 4 nitrogen and oxygen atoms in total. The highest BCUT2D eigenvalue weighted by Crippen LogP contribution is 2.29. The van der Waals surface area contributed by atoms with Crippen molar-refractivity contribution in [1.29, 1.82) is 0 Å². The van der Waals surface area contributed by atoms with Crippen molar-refractivity contribution >= 4 is 5.69 Å². The monoisotopic (exact) mass is 209 g/mol. The zero-order valence-corrected chi connectivity index (χ0v) is 9.22. The highest BCUT2D eigenvalue weighted by Gasteiger charge is 2.24. The molecule has 0 amide bonds. The van der Waals surface area contributed by atoms with Gasteiger partial charge >= 0.3 is 0 Å². The van der Waals surface area contributed by atoms with Crippen LogP contribution in [0.2, 0.25) is 0 Å². The standard InChI is InChI=1S/C11H19N3O/c1-7(2)8(5-12)11(15)9-6-14-4-3-10(9)13/h3-4,6-8,11,15H,5,12H2,1-2H3,(H2,13,14). The molecule has 15 heavy (non-hydrogen) atoms. The van der Waals surface area contributed by atoms with E-state index < -0.39 is 6.10 Å². The summed E-state index contributed by atoms with van der Waals surface area (Å²) in [6.07, 6.45) is 2.58. The molecule has 0 spiro atoms. The highest BCUT2D eigenvalue weighted by atomic mass is 16.3. The molecular weight excluding hydrogens is 190 g/mol. The Balaban J connectivity index is 2.92. The van der Waals surface area contributed by atoms with Gasteiger partial charge in [0.15, 0.2) is 0 Å². The largest absolute Gasteiger partial charge is 0.398 e. The summed E-state index contributed by atoms with van der Waals surface area (Å²) < 4.78 is 0. The van der Waals surface area contributed by atoms with E-state index in [0.717, 1.165) is 0 Å². The summed E-state index contributed by atoms with van der Waals surface area (Å²) in [4.78, 5) is 3.96. The Labute approximate surface area is 90.3 Å². The normalized spacial score (nSPS) is 15.3. The maximum absolute atomic E-state index is 10.1. The second kappa shape index (κ2) is 5.09. The average Bonchev–Trinajstić information content (AvgIpc) is 2.18. The van der Waals surface area contributed by atoms with E-state index in [1.807, 2.05) is 13.8 Å². The minimum atomic E-state index is -0.635. The molecule has 0 saturated carbocycles. The van der Waals surface area contributed by atoms with Gasteiger partial charge in [0.2, 0.25) is 0 Å². The van der Waals surface area contributed by atoms with Gasteiger partial charge < -0.3 is 16.6 Å². The zero-order chi connectivity index (χ0) is 11.4. The fourth-order valence-electron chi connectivity index (χ4n) is 1.66. The molecule has 0 aliphatic heterocycles. The van der Waals surface area contributed by atoms with Crippen LogP contribution in [0.15, 0.2) is 18.5 Å². The van der Waals surface area contributed by atoms with Gasteiger partial charge in [0.05, 0.1) is 6.10 Å². The van der Waals surface area contributed by atoms with E-state index >= 15 is 0 Å². The van der Waals surface area contributed by atoms with E-state index in [1.165, 1.54) is 0 Å². The number of nitrogens with two attached hydrogens (primary N) is 2. The van der Waals surface area contributed by atoms with Crippen LogP contribution in [0.4, 0.5) is 5.69 Å². The highest BCUT2D eigenvalue weighted by molar-refractivity contribution is 5.45. The van der Waals surface area contributed by atoms with Crippen LogP contribution in [0.5, 0.6) is 0 Å². The van der Waals surface area contributed by atoms with Crippen molar-refractivity contribution in [3.8, 4) is 0 Å². The minimum absolute atomic E-state index is 0.0106. The van der Waals surface area contributed by atoms with Crippen LogP contribution in [0.3, 0.4) is 0 Å². The second-order valence-corrected chi connectivity index (χ2v) is 4.09. The van der Waals surface area contributed by atoms with Crippen molar-refractivity contribution in [2.45, 2.75) is 20.0 Å². The Hall–Kier alpha value is -1.13. The van der Waals surface area contributed by atoms with Gasteiger partial charge in [-0.1, -0.05) is 13.8 Å². The van der Waals surface area contributed by atoms with E-state index in [2.05, 4.69) is 4.98 Å². The Morgan fingerprint density at radius 2 is 2.13 bits per heavy atom. The molecule has 1 heterocycles. The quantitative estimate of drug-likeness (QED) is 0.688. The summed E-state index contributed by atoms with van der Waals surface area (Å²) in [7, 11) is 0. The summed E-state index contributed by atoms with van der Waals surface area (Å²) in [5.74, 6) is 0.320. The third-order valence-corrected chi connectivity index (χ3v) is 2.74. The summed E-state index contributed by atoms with van der Waals surface area (Å²) in [5, 5.41) is 10.1. The van der Waals surface area contributed by atoms with E-state index in [9.17, 15) is 5.11 Å². The van der Waals surface area contributed by atoms with Crippen LogP contribution < -0.4 is 11.5 Å². The van der Waals surface area contributed by atoms with Gasteiger partial charge in [-0.25, -0.2) is 0 Å². The predicted octanol–water partition coefficient (Wildman–Crippen LogP) is 0.928. The molecule has 0 aliphatic carbocycles. The van der Waals surface area contributed by atoms with Gasteiger partial charge in [0.25, 0.3) is 0 Å². The van der Waals surface area contributed by atoms with Crippen molar-refractivity contribution in [2.24, 2.45) is 17.6 Å². The maximum Gasteiger partial charge on any atom is 0.0867 e. The molecule has 5 N–H and O–H groups in total. The van der Waals surface area contributed by atoms with E-state index in [-0.39, 0.29) is 5.92 Å². The van der Waals surface area contributed by atoms with Gasteiger partial charge in [0, 0.05) is 29.6 Å². The van der Waals surface area contributed by atoms with Gasteiger partial charge in [-0.15, -0.1) is 0 Å². The molecule has 84 valence electrons. The van der Waals surface area contributed by atoms with Crippen LogP contribution >= 0.6 is 0 Å². The van der Waals surface area contributed by atoms with Crippen LogP contribution in [-0.4, -0.2) is 16.6 Å². The van der Waals surface area contributed by atoms with Crippen molar-refractivity contribution in [3.05, 3.63) is 24.0 Å². The van der Waals surface area contributed by atoms with Crippen molar-refractivity contribution in [2.75, 3.05) is 12.3 Å². The van der Waals surface area contributed by atoms with Crippen LogP contribution in [-0.2, 0) is 0 Å². The average molecular weight is 209 g/mol. The van der Waals surface area contributed by atoms with E-state index in [0.29, 0.717) is 23.7 Å². The number of aliphatic hydroxyl groups is 1. The van der Waals surface area contributed by atoms with Crippen molar-refractivity contribution in [3.63, 3.8) is 0 Å². The SMILES string of the molecule is CC(C)C(CN)C(O)c1cnccc1N. The Morgan fingerprint density at radius 3 is 2.60 bits per heavy atom. The number of nitrogens with zero attached hydrogens (tertiary/aromatic N) is 1. The van der Waals surface area contributed by atoms with Gasteiger partial charge in [-0.2, -0.15) is 0 Å². The molecule has 2 atom stereocenters. The first-order valence-corrected chi connectivity index (χ1v) is 5.15. The summed E-state index contributed by atoms with van der Waals surface area (Å²) >= 11 is 0. The third-order valence-electron chi connectivity index (χ3n) is 2.74. The molecule has 1 aromatic heterocycles. The Morgan fingerprint density at radius 1 is 1.47 bits per heavy atom.